The molecule has 1 aromatic heterocycles. The molecule has 1 aromatic carbocycles. The van der Waals surface area contributed by atoms with E-state index in [0.29, 0.717) is 24.8 Å². The Balaban J connectivity index is 1.39. The van der Waals surface area contributed by atoms with Crippen molar-refractivity contribution in [1.29, 1.82) is 0 Å². The van der Waals surface area contributed by atoms with Gasteiger partial charge in [-0.1, -0.05) is 69.3 Å². The molecule has 0 radical (unpaired) electrons. The van der Waals surface area contributed by atoms with Crippen LogP contribution in [-0.4, -0.2) is 89.5 Å². The van der Waals surface area contributed by atoms with E-state index in [1.54, 1.807) is 57.2 Å². The summed E-state index contributed by atoms with van der Waals surface area (Å²) in [5.74, 6) is -2.54. The zero-order chi connectivity index (χ0) is 37.4. The fourth-order valence-electron chi connectivity index (χ4n) is 6.71. The SMILES string of the molecule is C=CC1CC1(NC(=O)[C@@H]1C[C@@H]2CN1C(=O)[C@H](C(C)(C)C)NC(=O)OC/C=C/CCOc1cnn2c(=O)c1-c1ccccc1)C(=O)NS(=O)(=O)C1CC1. The number of alkyl carbamates (subject to hydrolysis) is 1. The molecule has 3 fully saturated rings. The Hall–Kier alpha value is -4.99. The Kier molecular flexibility index (Phi) is 10.0. The van der Waals surface area contributed by atoms with Gasteiger partial charge >= 0.3 is 6.09 Å². The van der Waals surface area contributed by atoms with E-state index in [9.17, 15) is 32.4 Å². The number of carbonyl (C=O) groups excluding carboxylic acids is 4. The Morgan fingerprint density at radius 2 is 1.83 bits per heavy atom. The second-order valence-corrected chi connectivity index (χ2v) is 16.7. The van der Waals surface area contributed by atoms with Gasteiger partial charge in [-0.25, -0.2) is 17.9 Å². The third-order valence-electron chi connectivity index (χ3n) is 9.88. The summed E-state index contributed by atoms with van der Waals surface area (Å²) in [7, 11) is -3.93. The van der Waals surface area contributed by atoms with Crippen molar-refractivity contribution >= 4 is 33.8 Å². The van der Waals surface area contributed by atoms with Gasteiger partial charge in [-0.05, 0) is 36.7 Å². The minimum atomic E-state index is -3.93. The van der Waals surface area contributed by atoms with E-state index >= 15 is 0 Å². The van der Waals surface area contributed by atoms with E-state index in [-0.39, 0.29) is 43.9 Å². The zero-order valence-corrected chi connectivity index (χ0v) is 30.2. The maximum atomic E-state index is 14.5. The van der Waals surface area contributed by atoms with Gasteiger partial charge in [0.05, 0.1) is 29.7 Å². The standard InChI is InChI=1S/C36H44N6O9S/c1-5-23-19-36(23,33(46)40-52(48,49)25-14-15-25)39-30(43)26-18-24-21-41(26)32(45)29(35(2,3)4)38-34(47)51-17-11-7-10-16-50-27-20-37-42(24)31(44)28(27)22-12-8-6-9-13-22/h5-9,11-13,20,23-26,29H,1,10,14-19,21H2,2-4H3,(H,38,47)(H,39,43)(H,40,46)/b11-7+/t23?,24-,26+,29-,36?/m1/s1. The number of carbonyl (C=O) groups is 4. The van der Waals surface area contributed by atoms with Crippen molar-refractivity contribution < 1.29 is 37.1 Å². The van der Waals surface area contributed by atoms with E-state index in [4.69, 9.17) is 9.47 Å². The first-order chi connectivity index (χ1) is 24.7. The maximum Gasteiger partial charge on any atom is 0.408 e. The molecule has 2 aliphatic carbocycles. The lowest BCUT2D eigenvalue weighted by molar-refractivity contribution is -0.142. The van der Waals surface area contributed by atoms with Crippen molar-refractivity contribution in [1.82, 2.24) is 30.0 Å². The van der Waals surface area contributed by atoms with Gasteiger partial charge in [0.2, 0.25) is 21.8 Å². The Morgan fingerprint density at radius 3 is 2.48 bits per heavy atom. The zero-order valence-electron chi connectivity index (χ0n) is 29.4. The highest BCUT2D eigenvalue weighted by Gasteiger charge is 2.62. The summed E-state index contributed by atoms with van der Waals surface area (Å²) in [6.07, 6.45) is 6.81. The Morgan fingerprint density at radius 1 is 1.10 bits per heavy atom. The summed E-state index contributed by atoms with van der Waals surface area (Å²) in [4.78, 5) is 70.7. The first-order valence-corrected chi connectivity index (χ1v) is 18.9. The lowest BCUT2D eigenvalue weighted by Gasteiger charge is -2.35. The van der Waals surface area contributed by atoms with Gasteiger partial charge in [0.15, 0.2) is 5.75 Å². The highest BCUT2D eigenvalue weighted by molar-refractivity contribution is 7.91. The lowest BCUT2D eigenvalue weighted by Crippen LogP contribution is -2.60. The highest BCUT2D eigenvalue weighted by Crippen LogP contribution is 2.46. The van der Waals surface area contributed by atoms with E-state index < -0.39 is 79.6 Å². The number of nitrogens with one attached hydrogen (secondary N) is 3. The number of rotatable bonds is 7. The summed E-state index contributed by atoms with van der Waals surface area (Å²) in [5.41, 5.74) is -2.11. The van der Waals surface area contributed by atoms with Gasteiger partial charge in [0.1, 0.15) is 24.2 Å². The average molecular weight is 737 g/mol. The molecular formula is C36H44N6O9S. The van der Waals surface area contributed by atoms with Crippen molar-refractivity contribution in [3.8, 4) is 16.9 Å². The van der Waals surface area contributed by atoms with E-state index in [2.05, 4.69) is 27.0 Å². The first kappa shape index (κ1) is 36.8. The second kappa shape index (κ2) is 14.2. The number of nitrogens with zero attached hydrogens (tertiary/aromatic N) is 3. The molecule has 1 saturated heterocycles. The normalized spacial score (nSPS) is 27.2. The highest BCUT2D eigenvalue weighted by atomic mass is 32.2. The van der Waals surface area contributed by atoms with Crippen LogP contribution in [-0.2, 0) is 29.1 Å². The van der Waals surface area contributed by atoms with Crippen LogP contribution in [0.5, 0.6) is 5.75 Å². The molecule has 15 nitrogen and oxygen atoms in total. The second-order valence-electron chi connectivity index (χ2n) is 14.7. The van der Waals surface area contributed by atoms with Crippen molar-refractivity contribution in [2.24, 2.45) is 11.3 Å². The fraction of sp³-hybridized carbons (Fsp3) is 0.500. The number of fused-ring (bicyclic) bond motifs is 11. The van der Waals surface area contributed by atoms with Crippen LogP contribution in [0.4, 0.5) is 4.79 Å². The maximum absolute atomic E-state index is 14.5. The third-order valence-corrected chi connectivity index (χ3v) is 11.7. The molecule has 16 heteroatoms. The molecule has 7 rings (SSSR count). The van der Waals surface area contributed by atoms with Gasteiger partial charge in [-0.15, -0.1) is 6.58 Å². The largest absolute Gasteiger partial charge is 0.491 e. The topological polar surface area (TPSA) is 195 Å². The average Bonchev–Trinajstić information content (AvgIpc) is 4.02. The van der Waals surface area contributed by atoms with Crippen LogP contribution < -0.4 is 25.7 Å². The van der Waals surface area contributed by atoms with Gasteiger partial charge in [0, 0.05) is 18.9 Å². The number of amides is 4. The van der Waals surface area contributed by atoms with Gasteiger partial charge in [0.25, 0.3) is 11.5 Å². The van der Waals surface area contributed by atoms with Crippen LogP contribution in [0, 0.1) is 11.3 Å². The van der Waals surface area contributed by atoms with Crippen LogP contribution in [0.3, 0.4) is 0 Å². The molecule has 0 spiro atoms. The summed E-state index contributed by atoms with van der Waals surface area (Å²) in [5, 5.41) is 9.19. The predicted octanol–water partition coefficient (Wildman–Crippen LogP) is 2.20. The number of hydrogen-bond acceptors (Lipinski definition) is 10. The van der Waals surface area contributed by atoms with E-state index in [1.807, 2.05) is 6.07 Å². The molecular weight excluding hydrogens is 692 g/mol. The Labute approximate surface area is 301 Å². The molecule has 3 N–H and O–H groups in total. The minimum Gasteiger partial charge on any atom is -0.491 e. The number of benzene rings is 1. The van der Waals surface area contributed by atoms with Crippen LogP contribution in [0.1, 0.15) is 58.9 Å². The minimum absolute atomic E-state index is 0.0777. The molecule has 4 heterocycles. The predicted molar refractivity (Wildman–Crippen MR) is 189 cm³/mol. The monoisotopic (exact) mass is 736 g/mol. The van der Waals surface area contributed by atoms with Crippen molar-refractivity contribution in [2.75, 3.05) is 19.8 Å². The quantitative estimate of drug-likeness (QED) is 0.355. The number of sulfonamides is 1. The molecule has 2 unspecified atom stereocenters. The van der Waals surface area contributed by atoms with Crippen molar-refractivity contribution in [2.45, 2.75) is 81.8 Å². The van der Waals surface area contributed by atoms with Gasteiger partial charge in [-0.2, -0.15) is 5.10 Å². The number of ether oxygens (including phenoxy) is 2. The molecule has 2 aromatic rings. The van der Waals surface area contributed by atoms with Crippen molar-refractivity contribution in [3.05, 3.63) is 71.7 Å². The molecule has 4 bridgehead atoms. The summed E-state index contributed by atoms with van der Waals surface area (Å²) in [6, 6.07) is 5.72. The van der Waals surface area contributed by atoms with E-state index in [0.717, 1.165) is 0 Å². The van der Waals surface area contributed by atoms with Gasteiger partial charge < -0.3 is 25.0 Å². The van der Waals surface area contributed by atoms with E-state index in [1.165, 1.54) is 21.9 Å². The fourth-order valence-corrected chi connectivity index (χ4v) is 8.08. The molecule has 2 saturated carbocycles. The molecule has 3 aliphatic heterocycles. The summed E-state index contributed by atoms with van der Waals surface area (Å²) < 4.78 is 40.1. The van der Waals surface area contributed by atoms with Crippen LogP contribution in [0.25, 0.3) is 11.1 Å². The molecule has 52 heavy (non-hydrogen) atoms. The van der Waals surface area contributed by atoms with Crippen molar-refractivity contribution in [3.63, 3.8) is 0 Å². The third kappa shape index (κ3) is 7.47. The Bertz CT molecular complexity index is 1950. The number of aromatic nitrogens is 2. The summed E-state index contributed by atoms with van der Waals surface area (Å²) >= 11 is 0. The van der Waals surface area contributed by atoms with Gasteiger partial charge in [-0.3, -0.25) is 23.9 Å². The first-order valence-electron chi connectivity index (χ1n) is 17.4. The van der Waals surface area contributed by atoms with Crippen LogP contribution in [0.2, 0.25) is 0 Å². The van der Waals surface area contributed by atoms with Crippen LogP contribution in [0.15, 0.2) is 66.1 Å². The molecule has 5 atom stereocenters. The van der Waals surface area contributed by atoms with Crippen LogP contribution >= 0.6 is 0 Å². The molecule has 4 amide bonds. The lowest BCUT2D eigenvalue weighted by atomic mass is 9.85. The summed E-state index contributed by atoms with van der Waals surface area (Å²) in [6.45, 7) is 8.98. The number of hydrogen-bond donors (Lipinski definition) is 3. The smallest absolute Gasteiger partial charge is 0.408 e. The molecule has 5 aliphatic rings. The molecule has 278 valence electrons.